The zero-order chi connectivity index (χ0) is 17.5. The first-order chi connectivity index (χ1) is 11.3. The molecule has 1 aromatic heterocycles. The molecule has 0 radical (unpaired) electrons. The van der Waals surface area contributed by atoms with Gasteiger partial charge in [-0.15, -0.1) is 0 Å². The van der Waals surface area contributed by atoms with Gasteiger partial charge in [0, 0.05) is 24.9 Å². The number of halogens is 2. The van der Waals surface area contributed by atoms with Crippen molar-refractivity contribution in [2.24, 2.45) is 5.92 Å². The highest BCUT2D eigenvalue weighted by Crippen LogP contribution is 2.41. The van der Waals surface area contributed by atoms with Gasteiger partial charge in [0.2, 0.25) is 0 Å². The highest BCUT2D eigenvalue weighted by atomic mass is 19.3. The van der Waals surface area contributed by atoms with Crippen molar-refractivity contribution in [1.29, 1.82) is 0 Å². The first-order valence-corrected chi connectivity index (χ1v) is 7.95. The second-order valence-electron chi connectivity index (χ2n) is 6.10. The van der Waals surface area contributed by atoms with Crippen LogP contribution in [0.15, 0.2) is 0 Å². The molecule has 0 bridgehead atoms. The SMILES string of the molecule is CCOC(=O)C1CCC(F)(F)c2c3c(nn2C1)CCN(C(=O)O)C3. The Bertz CT molecular complexity index is 674. The minimum atomic E-state index is -3.15. The number of amides is 1. The van der Waals surface area contributed by atoms with E-state index in [2.05, 4.69) is 5.10 Å². The Hall–Kier alpha value is -2.19. The number of hydrogen-bond donors (Lipinski definition) is 1. The number of ether oxygens (including phenoxy) is 1. The van der Waals surface area contributed by atoms with Gasteiger partial charge >= 0.3 is 12.1 Å². The van der Waals surface area contributed by atoms with Crippen molar-refractivity contribution in [2.75, 3.05) is 13.2 Å². The Morgan fingerprint density at radius 1 is 1.46 bits per heavy atom. The van der Waals surface area contributed by atoms with Crippen molar-refractivity contribution >= 4 is 12.1 Å². The van der Waals surface area contributed by atoms with E-state index in [1.54, 1.807) is 6.92 Å². The van der Waals surface area contributed by atoms with E-state index in [4.69, 9.17) is 9.84 Å². The molecule has 0 saturated heterocycles. The monoisotopic (exact) mass is 343 g/mol. The molecule has 1 aromatic rings. The van der Waals surface area contributed by atoms with Crippen LogP contribution >= 0.6 is 0 Å². The molecule has 0 aliphatic carbocycles. The van der Waals surface area contributed by atoms with E-state index in [0.29, 0.717) is 12.1 Å². The minimum Gasteiger partial charge on any atom is -0.466 e. The molecule has 7 nitrogen and oxygen atoms in total. The van der Waals surface area contributed by atoms with Gasteiger partial charge in [-0.1, -0.05) is 0 Å². The maximum absolute atomic E-state index is 14.7. The van der Waals surface area contributed by atoms with E-state index in [1.807, 2.05) is 0 Å². The van der Waals surface area contributed by atoms with Gasteiger partial charge in [-0.25, -0.2) is 4.79 Å². The van der Waals surface area contributed by atoms with E-state index in [9.17, 15) is 18.4 Å². The van der Waals surface area contributed by atoms with Gasteiger partial charge < -0.3 is 14.7 Å². The van der Waals surface area contributed by atoms with Gasteiger partial charge in [-0.05, 0) is 13.3 Å². The van der Waals surface area contributed by atoms with Crippen LogP contribution < -0.4 is 0 Å². The summed E-state index contributed by atoms with van der Waals surface area (Å²) in [4.78, 5) is 24.2. The smallest absolute Gasteiger partial charge is 0.407 e. The third kappa shape index (κ3) is 2.83. The molecule has 3 rings (SSSR count). The van der Waals surface area contributed by atoms with Crippen LogP contribution in [0.25, 0.3) is 0 Å². The maximum atomic E-state index is 14.7. The van der Waals surface area contributed by atoms with E-state index in [-0.39, 0.29) is 43.9 Å². The molecule has 1 N–H and O–H groups in total. The number of carbonyl (C=O) groups excluding carboxylic acids is 1. The molecule has 3 heterocycles. The van der Waals surface area contributed by atoms with Crippen LogP contribution in [0.1, 0.15) is 36.7 Å². The zero-order valence-corrected chi connectivity index (χ0v) is 13.3. The fraction of sp³-hybridized carbons (Fsp3) is 0.667. The van der Waals surface area contributed by atoms with Crippen LogP contribution in [-0.2, 0) is 35.0 Å². The molecule has 9 heteroatoms. The normalized spacial score (nSPS) is 22.3. The molecule has 1 atom stereocenters. The average molecular weight is 343 g/mol. The number of rotatable bonds is 2. The number of hydrogen-bond acceptors (Lipinski definition) is 4. The summed E-state index contributed by atoms with van der Waals surface area (Å²) in [7, 11) is 0. The maximum Gasteiger partial charge on any atom is 0.407 e. The standard InChI is InChI=1S/C15H19F2N3O4/c1-2-24-13(21)9-3-5-15(16,17)12-10-8-19(14(22)23)6-4-11(10)18-20(12)7-9/h9H,2-8H2,1H3,(H,22,23). The Morgan fingerprint density at radius 2 is 2.21 bits per heavy atom. The van der Waals surface area contributed by atoms with Crippen LogP contribution in [0.2, 0.25) is 0 Å². The van der Waals surface area contributed by atoms with Crippen LogP contribution in [-0.4, -0.2) is 45.0 Å². The van der Waals surface area contributed by atoms with Crippen molar-refractivity contribution in [3.63, 3.8) is 0 Å². The molecule has 1 unspecified atom stereocenters. The topological polar surface area (TPSA) is 84.7 Å². The summed E-state index contributed by atoms with van der Waals surface area (Å²) in [6.45, 7) is 2.03. The van der Waals surface area contributed by atoms with E-state index >= 15 is 0 Å². The van der Waals surface area contributed by atoms with Gasteiger partial charge in [0.1, 0.15) is 5.69 Å². The Labute approximate surface area is 137 Å². The largest absolute Gasteiger partial charge is 0.466 e. The second-order valence-corrected chi connectivity index (χ2v) is 6.10. The van der Waals surface area contributed by atoms with Gasteiger partial charge in [0.15, 0.2) is 0 Å². The summed E-state index contributed by atoms with van der Waals surface area (Å²) in [6.07, 6.45) is -1.32. The Morgan fingerprint density at radius 3 is 2.88 bits per heavy atom. The second kappa shape index (κ2) is 6.03. The fourth-order valence-corrected chi connectivity index (χ4v) is 3.36. The summed E-state index contributed by atoms with van der Waals surface area (Å²) in [6, 6.07) is 0. The number of carbonyl (C=O) groups is 2. The highest BCUT2D eigenvalue weighted by molar-refractivity contribution is 5.72. The summed E-state index contributed by atoms with van der Waals surface area (Å²) >= 11 is 0. The van der Waals surface area contributed by atoms with Gasteiger partial charge in [0.25, 0.3) is 5.92 Å². The summed E-state index contributed by atoms with van der Waals surface area (Å²) in [5.41, 5.74) is 0.514. The predicted molar refractivity (Wildman–Crippen MR) is 77.6 cm³/mol. The lowest BCUT2D eigenvalue weighted by Gasteiger charge is -2.25. The lowest BCUT2D eigenvalue weighted by atomic mass is 9.98. The quantitative estimate of drug-likeness (QED) is 0.830. The van der Waals surface area contributed by atoms with E-state index in [1.165, 1.54) is 4.68 Å². The number of fused-ring (bicyclic) bond motifs is 3. The average Bonchev–Trinajstić information content (AvgIpc) is 2.82. The number of nitrogens with zero attached hydrogens (tertiary/aromatic N) is 3. The third-order valence-corrected chi connectivity index (χ3v) is 4.54. The van der Waals surface area contributed by atoms with E-state index in [0.717, 1.165) is 4.90 Å². The third-order valence-electron chi connectivity index (χ3n) is 4.54. The molecule has 0 fully saturated rings. The summed E-state index contributed by atoms with van der Waals surface area (Å²) < 4.78 is 35.4. The zero-order valence-electron chi connectivity index (χ0n) is 13.3. The summed E-state index contributed by atoms with van der Waals surface area (Å²) in [5, 5.41) is 13.4. The molecular weight excluding hydrogens is 324 g/mol. The Kier molecular flexibility index (Phi) is 4.18. The molecule has 0 spiro atoms. The molecule has 2 aliphatic heterocycles. The fourth-order valence-electron chi connectivity index (χ4n) is 3.36. The number of alkyl halides is 2. The van der Waals surface area contributed by atoms with Crippen molar-refractivity contribution in [1.82, 2.24) is 14.7 Å². The van der Waals surface area contributed by atoms with Crippen LogP contribution in [0.5, 0.6) is 0 Å². The van der Waals surface area contributed by atoms with E-state index < -0.39 is 30.3 Å². The lowest BCUT2D eigenvalue weighted by molar-refractivity contribution is -0.149. The summed E-state index contributed by atoms with van der Waals surface area (Å²) in [5.74, 6) is -4.32. The lowest BCUT2D eigenvalue weighted by Crippen LogP contribution is -2.35. The predicted octanol–water partition coefficient (Wildman–Crippen LogP) is 1.98. The molecule has 132 valence electrons. The minimum absolute atomic E-state index is 0.00656. The highest BCUT2D eigenvalue weighted by Gasteiger charge is 2.45. The first kappa shape index (κ1) is 16.7. The Balaban J connectivity index is 1.97. The molecule has 0 saturated carbocycles. The number of esters is 1. The number of carboxylic acid groups (broad SMARTS) is 1. The van der Waals surface area contributed by atoms with Crippen molar-refractivity contribution < 1.29 is 28.2 Å². The molecular formula is C15H19F2N3O4. The van der Waals surface area contributed by atoms with Crippen LogP contribution in [0.3, 0.4) is 0 Å². The molecule has 0 aromatic carbocycles. The van der Waals surface area contributed by atoms with Crippen molar-refractivity contribution in [3.05, 3.63) is 17.0 Å². The molecule has 2 aliphatic rings. The molecule has 1 amide bonds. The van der Waals surface area contributed by atoms with Crippen LogP contribution in [0, 0.1) is 5.92 Å². The number of aromatic nitrogens is 2. The first-order valence-electron chi connectivity index (χ1n) is 7.95. The van der Waals surface area contributed by atoms with Gasteiger partial charge in [-0.2, -0.15) is 13.9 Å². The van der Waals surface area contributed by atoms with Gasteiger partial charge in [-0.3, -0.25) is 9.48 Å². The van der Waals surface area contributed by atoms with Crippen LogP contribution in [0.4, 0.5) is 13.6 Å². The van der Waals surface area contributed by atoms with Crippen molar-refractivity contribution in [2.45, 2.75) is 45.2 Å². The van der Waals surface area contributed by atoms with Gasteiger partial charge in [0.05, 0.1) is 31.3 Å². The molecule has 24 heavy (non-hydrogen) atoms. The van der Waals surface area contributed by atoms with Crippen molar-refractivity contribution in [3.8, 4) is 0 Å².